The zero-order chi connectivity index (χ0) is 19.8. The first-order valence-corrected chi connectivity index (χ1v) is 11.3. The predicted molar refractivity (Wildman–Crippen MR) is 102 cm³/mol. The number of hydrogen-bond donors (Lipinski definition) is 1. The third kappa shape index (κ3) is 3.81. The van der Waals surface area contributed by atoms with Crippen molar-refractivity contribution in [3.05, 3.63) is 47.6 Å². The maximum absolute atomic E-state index is 12.7. The number of nitrogens with one attached hydrogen (secondary N) is 1. The average molecular weight is 404 g/mol. The molecule has 4 rings (SSSR count). The van der Waals surface area contributed by atoms with Crippen LogP contribution < -0.4 is 5.32 Å². The summed E-state index contributed by atoms with van der Waals surface area (Å²) in [4.78, 5) is 17.1. The van der Waals surface area contributed by atoms with Crippen molar-refractivity contribution in [2.75, 3.05) is 19.3 Å². The second-order valence-electron chi connectivity index (χ2n) is 7.61. The molecule has 1 saturated heterocycles. The van der Waals surface area contributed by atoms with Crippen molar-refractivity contribution in [3.63, 3.8) is 0 Å². The van der Waals surface area contributed by atoms with Crippen molar-refractivity contribution in [1.82, 2.24) is 19.8 Å². The molecular formula is C19H24N4O4S. The quantitative estimate of drug-likeness (QED) is 0.783. The first-order valence-electron chi connectivity index (χ1n) is 9.50. The van der Waals surface area contributed by atoms with Gasteiger partial charge in [0, 0.05) is 19.0 Å². The van der Waals surface area contributed by atoms with Crippen molar-refractivity contribution in [1.29, 1.82) is 0 Å². The molecule has 1 saturated carbocycles. The Morgan fingerprint density at radius 3 is 2.54 bits per heavy atom. The molecule has 28 heavy (non-hydrogen) atoms. The van der Waals surface area contributed by atoms with Gasteiger partial charge in [0.25, 0.3) is 0 Å². The fraction of sp³-hybridized carbons (Fsp3) is 0.526. The minimum absolute atomic E-state index is 0.0140. The number of benzene rings is 1. The van der Waals surface area contributed by atoms with E-state index >= 15 is 0 Å². The Labute approximate surface area is 164 Å². The van der Waals surface area contributed by atoms with Crippen molar-refractivity contribution >= 4 is 15.9 Å². The summed E-state index contributed by atoms with van der Waals surface area (Å²) < 4.78 is 30.0. The zero-order valence-corrected chi connectivity index (χ0v) is 16.6. The molecule has 9 heteroatoms. The molecule has 150 valence electrons. The molecule has 0 atom stereocenters. The van der Waals surface area contributed by atoms with E-state index in [1.807, 2.05) is 30.3 Å². The Balaban J connectivity index is 1.33. The van der Waals surface area contributed by atoms with Gasteiger partial charge in [-0.1, -0.05) is 35.5 Å². The van der Waals surface area contributed by atoms with Crippen LogP contribution in [0.25, 0.3) is 0 Å². The number of nitrogens with zero attached hydrogens (tertiary/aromatic N) is 3. The molecule has 1 amide bonds. The summed E-state index contributed by atoms with van der Waals surface area (Å²) in [5.74, 6) is 1.02. The number of carbonyl (C=O) groups is 1. The van der Waals surface area contributed by atoms with Gasteiger partial charge in [-0.15, -0.1) is 0 Å². The van der Waals surface area contributed by atoms with Crippen LogP contribution >= 0.6 is 0 Å². The fourth-order valence-corrected chi connectivity index (χ4v) is 4.68. The highest BCUT2D eigenvalue weighted by atomic mass is 32.2. The predicted octanol–water partition coefficient (Wildman–Crippen LogP) is 1.56. The van der Waals surface area contributed by atoms with E-state index in [4.69, 9.17) is 4.52 Å². The molecular weight excluding hydrogens is 380 g/mol. The van der Waals surface area contributed by atoms with Crippen LogP contribution in [0, 0.1) is 0 Å². The Hall–Kier alpha value is -2.26. The van der Waals surface area contributed by atoms with E-state index in [2.05, 4.69) is 15.5 Å². The number of hydrogen-bond acceptors (Lipinski definition) is 6. The highest BCUT2D eigenvalue weighted by Gasteiger charge is 2.51. The van der Waals surface area contributed by atoms with Crippen LogP contribution in [0.2, 0.25) is 0 Å². The molecule has 2 heterocycles. The summed E-state index contributed by atoms with van der Waals surface area (Å²) >= 11 is 0. The van der Waals surface area contributed by atoms with Gasteiger partial charge in [-0.05, 0) is 31.2 Å². The molecule has 2 fully saturated rings. The van der Waals surface area contributed by atoms with Crippen molar-refractivity contribution in [2.24, 2.45) is 0 Å². The topological polar surface area (TPSA) is 105 Å². The van der Waals surface area contributed by atoms with Crippen LogP contribution in [0.4, 0.5) is 0 Å². The van der Waals surface area contributed by atoms with Gasteiger partial charge in [0.1, 0.15) is 0 Å². The molecule has 8 nitrogen and oxygen atoms in total. The molecule has 2 aliphatic rings. The third-order valence-electron chi connectivity index (χ3n) is 5.68. The van der Waals surface area contributed by atoms with Crippen LogP contribution in [0.3, 0.4) is 0 Å². The van der Waals surface area contributed by atoms with Crippen LogP contribution in [0.5, 0.6) is 0 Å². The van der Waals surface area contributed by atoms with Gasteiger partial charge in [-0.2, -0.15) is 4.98 Å². The van der Waals surface area contributed by atoms with E-state index in [1.54, 1.807) is 0 Å². The standard InChI is InChI=1S/C19H24N4O4S/c1-28(25,26)23-11-7-14(8-12-23)17-21-16(27-22-17)13-20-18(24)19(9-10-19)15-5-3-2-4-6-15/h2-6,14H,7-13H2,1H3,(H,20,24). The zero-order valence-electron chi connectivity index (χ0n) is 15.8. The van der Waals surface area contributed by atoms with E-state index in [0.29, 0.717) is 37.6 Å². The maximum atomic E-state index is 12.7. The van der Waals surface area contributed by atoms with E-state index in [0.717, 1.165) is 18.4 Å². The van der Waals surface area contributed by atoms with Crippen molar-refractivity contribution < 1.29 is 17.7 Å². The third-order valence-corrected chi connectivity index (χ3v) is 6.99. The minimum atomic E-state index is -3.15. The highest BCUT2D eigenvalue weighted by molar-refractivity contribution is 7.88. The van der Waals surface area contributed by atoms with Crippen LogP contribution in [-0.2, 0) is 26.8 Å². The van der Waals surface area contributed by atoms with Gasteiger partial charge >= 0.3 is 0 Å². The van der Waals surface area contributed by atoms with Crippen LogP contribution in [-0.4, -0.2) is 48.1 Å². The van der Waals surface area contributed by atoms with E-state index in [1.165, 1.54) is 10.6 Å². The smallest absolute Gasteiger partial charge is 0.246 e. The first-order chi connectivity index (χ1) is 13.4. The normalized spacial score (nSPS) is 20.0. The van der Waals surface area contributed by atoms with Gasteiger partial charge < -0.3 is 9.84 Å². The summed E-state index contributed by atoms with van der Waals surface area (Å²) in [5.41, 5.74) is 0.610. The largest absolute Gasteiger partial charge is 0.346 e. The fourth-order valence-electron chi connectivity index (χ4n) is 3.81. The van der Waals surface area contributed by atoms with Gasteiger partial charge in [-0.3, -0.25) is 4.79 Å². The van der Waals surface area contributed by atoms with Gasteiger partial charge in [0.2, 0.25) is 21.8 Å². The lowest BCUT2D eigenvalue weighted by Gasteiger charge is -2.28. The van der Waals surface area contributed by atoms with E-state index < -0.39 is 15.4 Å². The lowest BCUT2D eigenvalue weighted by Crippen LogP contribution is -2.37. The molecule has 1 aromatic heterocycles. The second-order valence-corrected chi connectivity index (χ2v) is 9.60. The molecule has 2 aromatic rings. The Morgan fingerprint density at radius 2 is 1.93 bits per heavy atom. The number of aromatic nitrogens is 2. The molecule has 1 N–H and O–H groups in total. The minimum Gasteiger partial charge on any atom is -0.346 e. The molecule has 1 aliphatic heterocycles. The summed E-state index contributed by atoms with van der Waals surface area (Å²) in [5, 5.41) is 6.96. The van der Waals surface area contributed by atoms with Gasteiger partial charge in [-0.25, -0.2) is 12.7 Å². The van der Waals surface area contributed by atoms with Gasteiger partial charge in [0.15, 0.2) is 5.82 Å². The number of piperidine rings is 1. The number of rotatable bonds is 6. The molecule has 0 bridgehead atoms. The van der Waals surface area contributed by atoms with E-state index in [9.17, 15) is 13.2 Å². The van der Waals surface area contributed by atoms with Crippen LogP contribution in [0.1, 0.15) is 48.9 Å². The highest BCUT2D eigenvalue weighted by Crippen LogP contribution is 2.48. The average Bonchev–Trinajstić information content (AvgIpc) is 3.38. The van der Waals surface area contributed by atoms with Gasteiger partial charge in [0.05, 0.1) is 18.2 Å². The Bertz CT molecular complexity index is 945. The summed E-state index contributed by atoms with van der Waals surface area (Å²) in [7, 11) is -3.15. The number of carbonyl (C=O) groups excluding carboxylic acids is 1. The molecule has 0 unspecified atom stereocenters. The lowest BCUT2D eigenvalue weighted by atomic mass is 9.95. The van der Waals surface area contributed by atoms with Crippen LogP contribution in [0.15, 0.2) is 34.9 Å². The second kappa shape index (κ2) is 7.29. The van der Waals surface area contributed by atoms with E-state index in [-0.39, 0.29) is 18.4 Å². The maximum Gasteiger partial charge on any atom is 0.246 e. The monoisotopic (exact) mass is 404 g/mol. The summed E-state index contributed by atoms with van der Waals surface area (Å²) in [6.07, 6.45) is 4.24. The molecule has 1 aromatic carbocycles. The lowest BCUT2D eigenvalue weighted by molar-refractivity contribution is -0.123. The first kappa shape index (κ1) is 19.1. The Kier molecular flexibility index (Phi) is 4.96. The Morgan fingerprint density at radius 1 is 1.25 bits per heavy atom. The number of sulfonamides is 1. The molecule has 1 aliphatic carbocycles. The SMILES string of the molecule is CS(=O)(=O)N1CCC(c2noc(CNC(=O)C3(c4ccccc4)CC3)n2)CC1. The summed E-state index contributed by atoms with van der Waals surface area (Å²) in [6, 6.07) is 9.81. The van der Waals surface area contributed by atoms with Crippen molar-refractivity contribution in [3.8, 4) is 0 Å². The number of amides is 1. The molecule has 0 spiro atoms. The molecule has 0 radical (unpaired) electrons. The van der Waals surface area contributed by atoms with Crippen molar-refractivity contribution in [2.45, 2.75) is 43.6 Å². The summed E-state index contributed by atoms with van der Waals surface area (Å²) in [6.45, 7) is 1.12.